The van der Waals surface area contributed by atoms with Crippen LogP contribution in [-0.4, -0.2) is 0 Å². The molecule has 0 atom stereocenters. The van der Waals surface area contributed by atoms with Gasteiger partial charge >= 0.3 is 0 Å². The molecule has 0 bridgehead atoms. The Labute approximate surface area is 126 Å². The minimum absolute atomic E-state index is 0.223. The third-order valence-electron chi connectivity index (χ3n) is 3.38. The van der Waals surface area contributed by atoms with E-state index >= 15 is 0 Å². The molecule has 0 spiro atoms. The second-order valence-electron chi connectivity index (χ2n) is 6.08. The van der Waals surface area contributed by atoms with E-state index < -0.39 is 0 Å². The van der Waals surface area contributed by atoms with Crippen molar-refractivity contribution in [3.8, 4) is 0 Å². The van der Waals surface area contributed by atoms with Crippen molar-refractivity contribution in [2.24, 2.45) is 5.73 Å². The number of benzene rings is 2. The summed E-state index contributed by atoms with van der Waals surface area (Å²) >= 11 is 1.88. The minimum atomic E-state index is 0.223. The SMILES string of the molecule is CC(C)(C)c1ccc(SCc2ccc(CN)cc2)cc1. The Morgan fingerprint density at radius 2 is 1.40 bits per heavy atom. The van der Waals surface area contributed by atoms with Gasteiger partial charge < -0.3 is 5.73 Å². The van der Waals surface area contributed by atoms with Gasteiger partial charge in [0.15, 0.2) is 0 Å². The molecule has 2 rings (SSSR count). The van der Waals surface area contributed by atoms with Crippen molar-refractivity contribution in [1.82, 2.24) is 0 Å². The molecule has 106 valence electrons. The van der Waals surface area contributed by atoms with Crippen LogP contribution < -0.4 is 5.73 Å². The fourth-order valence-corrected chi connectivity index (χ4v) is 2.84. The van der Waals surface area contributed by atoms with E-state index in [0.29, 0.717) is 6.54 Å². The van der Waals surface area contributed by atoms with Crippen LogP contribution in [-0.2, 0) is 17.7 Å². The van der Waals surface area contributed by atoms with E-state index in [9.17, 15) is 0 Å². The number of hydrogen-bond donors (Lipinski definition) is 1. The first-order chi connectivity index (χ1) is 9.49. The maximum absolute atomic E-state index is 5.61. The predicted octanol–water partition coefficient (Wildman–Crippen LogP) is 4.74. The summed E-state index contributed by atoms with van der Waals surface area (Å²) in [5.74, 6) is 1.000. The Morgan fingerprint density at radius 1 is 0.850 bits per heavy atom. The summed E-state index contributed by atoms with van der Waals surface area (Å²) < 4.78 is 0. The van der Waals surface area contributed by atoms with Gasteiger partial charge in [-0.25, -0.2) is 0 Å². The van der Waals surface area contributed by atoms with E-state index in [0.717, 1.165) is 5.75 Å². The van der Waals surface area contributed by atoms with Crippen LogP contribution in [0, 0.1) is 0 Å². The fraction of sp³-hybridized carbons (Fsp3) is 0.333. The zero-order valence-corrected chi connectivity index (χ0v) is 13.3. The smallest absolute Gasteiger partial charge is 0.0231 e. The zero-order valence-electron chi connectivity index (χ0n) is 12.5. The predicted molar refractivity (Wildman–Crippen MR) is 89.0 cm³/mol. The molecule has 2 aromatic rings. The van der Waals surface area contributed by atoms with Crippen molar-refractivity contribution in [3.63, 3.8) is 0 Å². The molecule has 0 saturated carbocycles. The fourth-order valence-electron chi connectivity index (χ4n) is 1.99. The Morgan fingerprint density at radius 3 is 1.90 bits per heavy atom. The van der Waals surface area contributed by atoms with Gasteiger partial charge in [0.25, 0.3) is 0 Å². The van der Waals surface area contributed by atoms with Crippen molar-refractivity contribution < 1.29 is 0 Å². The van der Waals surface area contributed by atoms with Crippen LogP contribution in [0.3, 0.4) is 0 Å². The molecule has 20 heavy (non-hydrogen) atoms. The lowest BCUT2D eigenvalue weighted by Gasteiger charge is -2.19. The number of thioether (sulfide) groups is 1. The second kappa shape index (κ2) is 6.47. The topological polar surface area (TPSA) is 26.0 Å². The average molecular weight is 285 g/mol. The van der Waals surface area contributed by atoms with Gasteiger partial charge in [-0.15, -0.1) is 11.8 Å². The largest absolute Gasteiger partial charge is 0.326 e. The minimum Gasteiger partial charge on any atom is -0.326 e. The van der Waals surface area contributed by atoms with Gasteiger partial charge in [-0.05, 0) is 34.2 Å². The van der Waals surface area contributed by atoms with E-state index in [1.54, 1.807) is 0 Å². The maximum atomic E-state index is 5.61. The number of hydrogen-bond acceptors (Lipinski definition) is 2. The van der Waals surface area contributed by atoms with Gasteiger partial charge in [0, 0.05) is 17.2 Å². The van der Waals surface area contributed by atoms with Crippen LogP contribution >= 0.6 is 11.8 Å². The molecule has 2 N–H and O–H groups in total. The summed E-state index contributed by atoms with van der Waals surface area (Å²) in [6, 6.07) is 17.5. The molecule has 0 radical (unpaired) electrons. The number of nitrogens with two attached hydrogens (primary N) is 1. The van der Waals surface area contributed by atoms with Crippen molar-refractivity contribution in [2.75, 3.05) is 0 Å². The van der Waals surface area contributed by atoms with Crippen LogP contribution in [0.4, 0.5) is 0 Å². The third-order valence-corrected chi connectivity index (χ3v) is 4.47. The molecular weight excluding hydrogens is 262 g/mol. The molecule has 2 heteroatoms. The van der Waals surface area contributed by atoms with Gasteiger partial charge in [0.1, 0.15) is 0 Å². The lowest BCUT2D eigenvalue weighted by molar-refractivity contribution is 0.590. The maximum Gasteiger partial charge on any atom is 0.0231 e. The van der Waals surface area contributed by atoms with Crippen LogP contribution in [0.25, 0.3) is 0 Å². The van der Waals surface area contributed by atoms with E-state index in [2.05, 4.69) is 69.3 Å². The van der Waals surface area contributed by atoms with Crippen LogP contribution in [0.15, 0.2) is 53.4 Å². The summed E-state index contributed by atoms with van der Waals surface area (Å²) in [7, 11) is 0. The molecule has 2 aromatic carbocycles. The number of rotatable bonds is 4. The van der Waals surface area contributed by atoms with E-state index in [1.165, 1.54) is 21.6 Å². The summed E-state index contributed by atoms with van der Waals surface area (Å²) in [5, 5.41) is 0. The molecule has 0 amide bonds. The highest BCUT2D eigenvalue weighted by atomic mass is 32.2. The molecule has 0 saturated heterocycles. The van der Waals surface area contributed by atoms with E-state index in [-0.39, 0.29) is 5.41 Å². The van der Waals surface area contributed by atoms with Crippen molar-refractivity contribution in [3.05, 3.63) is 65.2 Å². The van der Waals surface area contributed by atoms with Gasteiger partial charge in [-0.2, -0.15) is 0 Å². The second-order valence-corrected chi connectivity index (χ2v) is 7.13. The van der Waals surface area contributed by atoms with Gasteiger partial charge in [-0.3, -0.25) is 0 Å². The highest BCUT2D eigenvalue weighted by Gasteiger charge is 2.12. The first kappa shape index (κ1) is 15.1. The summed E-state index contributed by atoms with van der Waals surface area (Å²) in [5.41, 5.74) is 9.74. The Kier molecular flexibility index (Phi) is 4.90. The molecule has 0 unspecified atom stereocenters. The van der Waals surface area contributed by atoms with Crippen molar-refractivity contribution in [1.29, 1.82) is 0 Å². The monoisotopic (exact) mass is 285 g/mol. The standard InChI is InChI=1S/C18H23NS/c1-18(2,3)16-8-10-17(11-9-16)20-13-15-6-4-14(12-19)5-7-15/h4-11H,12-13,19H2,1-3H3. The first-order valence-corrected chi connectivity index (χ1v) is 7.99. The zero-order chi connectivity index (χ0) is 14.6. The highest BCUT2D eigenvalue weighted by Crippen LogP contribution is 2.27. The van der Waals surface area contributed by atoms with Crippen LogP contribution in [0.1, 0.15) is 37.5 Å². The van der Waals surface area contributed by atoms with Crippen LogP contribution in [0.2, 0.25) is 0 Å². The van der Waals surface area contributed by atoms with Crippen molar-refractivity contribution in [2.45, 2.75) is 43.4 Å². The van der Waals surface area contributed by atoms with Crippen molar-refractivity contribution >= 4 is 11.8 Å². The molecule has 0 aliphatic rings. The normalized spacial score (nSPS) is 11.6. The van der Waals surface area contributed by atoms with Gasteiger partial charge in [-0.1, -0.05) is 57.2 Å². The van der Waals surface area contributed by atoms with Crippen LogP contribution in [0.5, 0.6) is 0 Å². The van der Waals surface area contributed by atoms with Gasteiger partial charge in [0.2, 0.25) is 0 Å². The van der Waals surface area contributed by atoms with E-state index in [1.807, 2.05) is 11.8 Å². The lowest BCUT2D eigenvalue weighted by Crippen LogP contribution is -2.10. The summed E-state index contributed by atoms with van der Waals surface area (Å²) in [6.07, 6.45) is 0. The molecule has 0 heterocycles. The molecule has 0 fully saturated rings. The summed E-state index contributed by atoms with van der Waals surface area (Å²) in [4.78, 5) is 1.32. The van der Waals surface area contributed by atoms with E-state index in [4.69, 9.17) is 5.73 Å². The summed E-state index contributed by atoms with van der Waals surface area (Å²) in [6.45, 7) is 7.35. The average Bonchev–Trinajstić information content (AvgIpc) is 2.45. The Bertz CT molecular complexity index is 535. The Hall–Kier alpha value is -1.25. The quantitative estimate of drug-likeness (QED) is 0.821. The lowest BCUT2D eigenvalue weighted by atomic mass is 9.87. The molecule has 0 aliphatic heterocycles. The molecule has 0 aliphatic carbocycles. The molecule has 0 aromatic heterocycles. The molecule has 1 nitrogen and oxygen atoms in total. The highest BCUT2D eigenvalue weighted by molar-refractivity contribution is 7.98. The Balaban J connectivity index is 1.96. The first-order valence-electron chi connectivity index (χ1n) is 7.00. The van der Waals surface area contributed by atoms with Gasteiger partial charge in [0.05, 0.1) is 0 Å². The third kappa shape index (κ3) is 4.12. The molecular formula is C18H23NS.